The number of furan rings is 1. The molecule has 3 aromatic rings. The minimum Gasteiger partial charge on any atom is -0.493 e. The van der Waals surface area contributed by atoms with Crippen LogP contribution in [0.3, 0.4) is 0 Å². The molecule has 26 heavy (non-hydrogen) atoms. The Morgan fingerprint density at radius 3 is 2.65 bits per heavy atom. The second-order valence-corrected chi connectivity index (χ2v) is 6.13. The van der Waals surface area contributed by atoms with Crippen LogP contribution in [-0.2, 0) is 11.2 Å². The summed E-state index contributed by atoms with van der Waals surface area (Å²) in [7, 11) is 3.20. The summed E-state index contributed by atoms with van der Waals surface area (Å²) in [4.78, 5) is 12.3. The minimum atomic E-state index is -0.192. The second kappa shape index (κ2) is 7.95. The molecule has 1 amide bonds. The molecule has 2 aromatic carbocycles. The molecule has 0 spiro atoms. The van der Waals surface area contributed by atoms with Crippen LogP contribution in [-0.4, -0.2) is 20.1 Å². The molecular formula is C21H23NO4. The summed E-state index contributed by atoms with van der Waals surface area (Å²) in [6, 6.07) is 15.3. The summed E-state index contributed by atoms with van der Waals surface area (Å²) in [5, 5.41) is 4.02. The molecule has 1 aromatic heterocycles. The number of aryl methyl sites for hydroxylation is 1. The highest BCUT2D eigenvalue weighted by Crippen LogP contribution is 2.31. The summed E-state index contributed by atoms with van der Waals surface area (Å²) < 4.78 is 16.5. The molecule has 5 heteroatoms. The predicted octanol–water partition coefficient (Wildman–Crippen LogP) is 4.26. The van der Waals surface area contributed by atoms with Crippen molar-refractivity contribution in [1.29, 1.82) is 0 Å². The van der Waals surface area contributed by atoms with Gasteiger partial charge in [-0.3, -0.25) is 4.79 Å². The molecule has 1 atom stereocenters. The highest BCUT2D eigenvalue weighted by atomic mass is 16.5. The van der Waals surface area contributed by atoms with Gasteiger partial charge in [-0.1, -0.05) is 30.3 Å². The fourth-order valence-corrected chi connectivity index (χ4v) is 3.00. The van der Waals surface area contributed by atoms with E-state index >= 15 is 0 Å². The molecule has 3 rings (SSSR count). The quantitative estimate of drug-likeness (QED) is 0.689. The van der Waals surface area contributed by atoms with E-state index in [1.54, 1.807) is 14.2 Å². The molecule has 0 saturated heterocycles. The van der Waals surface area contributed by atoms with Gasteiger partial charge in [0.1, 0.15) is 11.3 Å². The first-order valence-corrected chi connectivity index (χ1v) is 8.60. The largest absolute Gasteiger partial charge is 0.493 e. The minimum absolute atomic E-state index is 0.0390. The highest BCUT2D eigenvalue weighted by Gasteiger charge is 2.15. The number of methoxy groups -OCH3 is 2. The van der Waals surface area contributed by atoms with Crippen LogP contribution in [0, 0.1) is 0 Å². The van der Waals surface area contributed by atoms with Gasteiger partial charge < -0.3 is 19.2 Å². The average molecular weight is 353 g/mol. The van der Waals surface area contributed by atoms with E-state index in [2.05, 4.69) is 5.32 Å². The van der Waals surface area contributed by atoms with Gasteiger partial charge in [0.2, 0.25) is 5.91 Å². The first-order valence-electron chi connectivity index (χ1n) is 8.60. The maximum absolute atomic E-state index is 12.3. The van der Waals surface area contributed by atoms with E-state index in [0.29, 0.717) is 24.3 Å². The molecule has 5 nitrogen and oxygen atoms in total. The van der Waals surface area contributed by atoms with Crippen molar-refractivity contribution in [2.45, 2.75) is 25.8 Å². The lowest BCUT2D eigenvalue weighted by Gasteiger charge is -2.14. The van der Waals surface area contributed by atoms with Crippen molar-refractivity contribution in [3.05, 3.63) is 59.9 Å². The van der Waals surface area contributed by atoms with Crippen LogP contribution >= 0.6 is 0 Å². The zero-order valence-electron chi connectivity index (χ0n) is 15.2. The van der Waals surface area contributed by atoms with Gasteiger partial charge in [-0.2, -0.15) is 0 Å². The number of rotatable bonds is 7. The van der Waals surface area contributed by atoms with Crippen LogP contribution in [0.1, 0.15) is 30.7 Å². The fourth-order valence-electron chi connectivity index (χ4n) is 3.00. The Morgan fingerprint density at radius 1 is 1.12 bits per heavy atom. The summed E-state index contributed by atoms with van der Waals surface area (Å²) in [6.07, 6.45) is 0.924. The standard InChI is InChI=1S/C21H23NO4/c1-14(19-13-16-7-4-5-9-17(16)26-19)22-20(23)12-11-15-8-6-10-18(24-2)21(15)25-3/h4-10,13-14H,11-12H2,1-3H3,(H,22,23)/t14-/m0/s1. The summed E-state index contributed by atoms with van der Waals surface area (Å²) in [5.74, 6) is 2.05. The molecule has 1 heterocycles. The number of fused-ring (bicyclic) bond motifs is 1. The number of amides is 1. The first kappa shape index (κ1) is 17.9. The Kier molecular flexibility index (Phi) is 5.46. The fraction of sp³-hybridized carbons (Fsp3) is 0.286. The highest BCUT2D eigenvalue weighted by molar-refractivity contribution is 5.79. The zero-order chi connectivity index (χ0) is 18.5. The molecule has 0 saturated carbocycles. The van der Waals surface area contributed by atoms with E-state index in [0.717, 1.165) is 22.3 Å². The van der Waals surface area contributed by atoms with Crippen LogP contribution in [0.4, 0.5) is 0 Å². The third-order valence-corrected chi connectivity index (χ3v) is 4.35. The van der Waals surface area contributed by atoms with Crippen molar-refractivity contribution in [3.63, 3.8) is 0 Å². The molecule has 0 aliphatic rings. The van der Waals surface area contributed by atoms with Crippen LogP contribution in [0.25, 0.3) is 11.0 Å². The molecule has 0 bridgehead atoms. The first-order chi connectivity index (χ1) is 12.6. The third kappa shape index (κ3) is 3.82. The van der Waals surface area contributed by atoms with Crippen molar-refractivity contribution in [2.75, 3.05) is 14.2 Å². The molecular weight excluding hydrogens is 330 g/mol. The van der Waals surface area contributed by atoms with Gasteiger partial charge in [0.15, 0.2) is 11.5 Å². The van der Waals surface area contributed by atoms with E-state index in [1.165, 1.54) is 0 Å². The molecule has 0 radical (unpaired) electrons. The van der Waals surface area contributed by atoms with Crippen molar-refractivity contribution in [3.8, 4) is 11.5 Å². The normalized spacial score (nSPS) is 12.0. The van der Waals surface area contributed by atoms with Crippen molar-refractivity contribution in [1.82, 2.24) is 5.32 Å². The average Bonchev–Trinajstić information content (AvgIpc) is 3.10. The Balaban J connectivity index is 1.62. The number of para-hydroxylation sites is 2. The number of hydrogen-bond donors (Lipinski definition) is 1. The van der Waals surface area contributed by atoms with Gasteiger partial charge in [0.05, 0.1) is 20.3 Å². The molecule has 136 valence electrons. The van der Waals surface area contributed by atoms with Crippen LogP contribution in [0.2, 0.25) is 0 Å². The lowest BCUT2D eigenvalue weighted by molar-refractivity contribution is -0.121. The van der Waals surface area contributed by atoms with Gasteiger partial charge in [-0.25, -0.2) is 0 Å². The molecule has 0 aliphatic heterocycles. The number of hydrogen-bond acceptors (Lipinski definition) is 4. The van der Waals surface area contributed by atoms with Gasteiger partial charge in [-0.05, 0) is 37.1 Å². The van der Waals surface area contributed by atoms with E-state index < -0.39 is 0 Å². The van der Waals surface area contributed by atoms with E-state index in [-0.39, 0.29) is 11.9 Å². The molecule has 1 N–H and O–H groups in total. The molecule has 0 aliphatic carbocycles. The molecule has 0 unspecified atom stereocenters. The Hall–Kier alpha value is -2.95. The monoisotopic (exact) mass is 353 g/mol. The topological polar surface area (TPSA) is 60.7 Å². The van der Waals surface area contributed by atoms with Gasteiger partial charge in [-0.15, -0.1) is 0 Å². The van der Waals surface area contributed by atoms with E-state index in [1.807, 2.05) is 55.5 Å². The Morgan fingerprint density at radius 2 is 1.92 bits per heavy atom. The van der Waals surface area contributed by atoms with Gasteiger partial charge in [0, 0.05) is 11.8 Å². The number of carbonyl (C=O) groups is 1. The smallest absolute Gasteiger partial charge is 0.220 e. The SMILES string of the molecule is COc1cccc(CCC(=O)N[C@@H](C)c2cc3ccccc3o2)c1OC. The third-order valence-electron chi connectivity index (χ3n) is 4.35. The predicted molar refractivity (Wildman–Crippen MR) is 101 cm³/mol. The Bertz CT molecular complexity index is 867. The summed E-state index contributed by atoms with van der Waals surface area (Å²) in [5.41, 5.74) is 1.77. The van der Waals surface area contributed by atoms with Crippen molar-refractivity contribution < 1.29 is 18.7 Å². The lowest BCUT2D eigenvalue weighted by atomic mass is 10.1. The number of nitrogens with one attached hydrogen (secondary N) is 1. The van der Waals surface area contributed by atoms with E-state index in [4.69, 9.17) is 13.9 Å². The maximum atomic E-state index is 12.3. The van der Waals surface area contributed by atoms with Gasteiger partial charge in [0.25, 0.3) is 0 Å². The van der Waals surface area contributed by atoms with Gasteiger partial charge >= 0.3 is 0 Å². The van der Waals surface area contributed by atoms with Crippen LogP contribution in [0.5, 0.6) is 11.5 Å². The second-order valence-electron chi connectivity index (χ2n) is 6.13. The van der Waals surface area contributed by atoms with Crippen molar-refractivity contribution >= 4 is 16.9 Å². The van der Waals surface area contributed by atoms with E-state index in [9.17, 15) is 4.79 Å². The lowest BCUT2D eigenvalue weighted by Crippen LogP contribution is -2.26. The maximum Gasteiger partial charge on any atom is 0.220 e. The summed E-state index contributed by atoms with van der Waals surface area (Å²) in [6.45, 7) is 1.92. The number of ether oxygens (including phenoxy) is 2. The summed E-state index contributed by atoms with van der Waals surface area (Å²) >= 11 is 0. The Labute approximate surface area is 152 Å². The van der Waals surface area contributed by atoms with Crippen molar-refractivity contribution in [2.24, 2.45) is 0 Å². The van der Waals surface area contributed by atoms with Crippen LogP contribution in [0.15, 0.2) is 52.9 Å². The number of benzene rings is 2. The number of carbonyl (C=O) groups excluding carboxylic acids is 1. The molecule has 0 fully saturated rings. The zero-order valence-corrected chi connectivity index (χ0v) is 15.2. The van der Waals surface area contributed by atoms with Crippen LogP contribution < -0.4 is 14.8 Å².